The van der Waals surface area contributed by atoms with E-state index in [4.69, 9.17) is 10.2 Å². The Morgan fingerprint density at radius 2 is 1.18 bits per heavy atom. The van der Waals surface area contributed by atoms with Gasteiger partial charge in [0.15, 0.2) is 5.65 Å². The number of aryl methyl sites for hydroxylation is 2. The summed E-state index contributed by atoms with van der Waals surface area (Å²) in [5.41, 5.74) is 9.85. The molecule has 4 nitrogen and oxygen atoms in total. The summed E-state index contributed by atoms with van der Waals surface area (Å²) >= 11 is 0. The summed E-state index contributed by atoms with van der Waals surface area (Å²) in [7, 11) is 0. The maximum Gasteiger partial charge on any atom is 0.170 e. The van der Waals surface area contributed by atoms with Crippen molar-refractivity contribution in [3.8, 4) is 11.4 Å². The zero-order valence-corrected chi connectivity index (χ0v) is 19.0. The summed E-state index contributed by atoms with van der Waals surface area (Å²) in [6.07, 6.45) is 0. The topological polar surface area (TPSA) is 35.6 Å². The maximum absolute atomic E-state index is 4.84. The molecule has 34 heavy (non-hydrogen) atoms. The van der Waals surface area contributed by atoms with Crippen molar-refractivity contribution in [2.24, 2.45) is 0 Å². The van der Waals surface area contributed by atoms with Crippen LogP contribution in [0, 0.1) is 13.8 Å². The Bertz CT molecular complexity index is 1850. The first-order chi connectivity index (χ1) is 16.7. The number of aromatic nitrogens is 4. The van der Waals surface area contributed by atoms with Gasteiger partial charge in [-0.15, -0.1) is 10.2 Å². The third-order valence-electron chi connectivity index (χ3n) is 6.66. The smallest absolute Gasteiger partial charge is 0.170 e. The van der Waals surface area contributed by atoms with Crippen molar-refractivity contribution in [3.05, 3.63) is 108 Å². The highest BCUT2D eigenvalue weighted by molar-refractivity contribution is 6.23. The molecule has 0 saturated carbocycles. The fourth-order valence-electron chi connectivity index (χ4n) is 5.39. The molecule has 0 radical (unpaired) electrons. The fourth-order valence-corrected chi connectivity index (χ4v) is 5.39. The first-order valence-corrected chi connectivity index (χ1v) is 11.5. The molecule has 0 aliphatic heterocycles. The highest BCUT2D eigenvalue weighted by Crippen LogP contribution is 2.39. The quantitative estimate of drug-likeness (QED) is 0.284. The van der Waals surface area contributed by atoms with Crippen molar-refractivity contribution in [1.82, 2.24) is 19.3 Å². The highest BCUT2D eigenvalue weighted by Gasteiger charge is 2.22. The van der Waals surface area contributed by atoms with E-state index in [2.05, 4.69) is 120 Å². The van der Waals surface area contributed by atoms with Crippen LogP contribution in [0.25, 0.3) is 55.2 Å². The SMILES string of the molecule is Cc1cc(C)cc(-n2c3ccccc3c3c2nnc2c4ccccc4n(-c4ccccc4)c23)c1. The molecule has 7 rings (SSSR count). The zero-order valence-electron chi connectivity index (χ0n) is 19.0. The Morgan fingerprint density at radius 3 is 1.91 bits per heavy atom. The third-order valence-corrected chi connectivity index (χ3v) is 6.66. The molecular formula is C30H22N4. The number of para-hydroxylation sites is 3. The van der Waals surface area contributed by atoms with Gasteiger partial charge < -0.3 is 4.57 Å². The highest BCUT2D eigenvalue weighted by atomic mass is 15.2. The Hall–Kier alpha value is -4.44. The van der Waals surface area contributed by atoms with Crippen LogP contribution in [0.2, 0.25) is 0 Å². The second-order valence-electron chi connectivity index (χ2n) is 8.98. The monoisotopic (exact) mass is 438 g/mol. The molecule has 0 saturated heterocycles. The average Bonchev–Trinajstić information content (AvgIpc) is 3.37. The van der Waals surface area contributed by atoms with Gasteiger partial charge in [0.05, 0.1) is 21.9 Å². The van der Waals surface area contributed by atoms with Gasteiger partial charge in [0.1, 0.15) is 5.52 Å². The lowest BCUT2D eigenvalue weighted by Gasteiger charge is -2.10. The van der Waals surface area contributed by atoms with Gasteiger partial charge in [-0.25, -0.2) is 0 Å². The summed E-state index contributed by atoms with van der Waals surface area (Å²) in [6.45, 7) is 4.28. The van der Waals surface area contributed by atoms with Crippen molar-refractivity contribution in [3.63, 3.8) is 0 Å². The van der Waals surface area contributed by atoms with E-state index in [0.717, 1.165) is 49.9 Å². The third kappa shape index (κ3) is 2.59. The number of benzene rings is 4. The summed E-state index contributed by atoms with van der Waals surface area (Å²) in [4.78, 5) is 0. The Balaban J connectivity index is 1.75. The van der Waals surface area contributed by atoms with Crippen molar-refractivity contribution in [2.45, 2.75) is 13.8 Å². The van der Waals surface area contributed by atoms with Crippen LogP contribution in [0.3, 0.4) is 0 Å². The average molecular weight is 439 g/mol. The number of nitrogens with zero attached hydrogens (tertiary/aromatic N) is 4. The van der Waals surface area contributed by atoms with Crippen LogP contribution in [-0.2, 0) is 0 Å². The van der Waals surface area contributed by atoms with Crippen molar-refractivity contribution in [1.29, 1.82) is 0 Å². The van der Waals surface area contributed by atoms with Gasteiger partial charge in [0, 0.05) is 22.1 Å². The number of fused-ring (bicyclic) bond motifs is 7. The van der Waals surface area contributed by atoms with Crippen LogP contribution in [0.4, 0.5) is 0 Å². The molecule has 7 aromatic rings. The molecule has 4 aromatic carbocycles. The second kappa shape index (κ2) is 7.03. The van der Waals surface area contributed by atoms with E-state index in [1.165, 1.54) is 16.5 Å². The molecule has 0 aliphatic rings. The van der Waals surface area contributed by atoms with Crippen LogP contribution in [0.15, 0.2) is 97.1 Å². The van der Waals surface area contributed by atoms with E-state index in [0.29, 0.717) is 0 Å². The predicted octanol–water partition coefficient (Wildman–Crippen LogP) is 7.29. The van der Waals surface area contributed by atoms with E-state index < -0.39 is 0 Å². The van der Waals surface area contributed by atoms with E-state index in [-0.39, 0.29) is 0 Å². The van der Waals surface area contributed by atoms with Crippen LogP contribution in [0.1, 0.15) is 11.1 Å². The molecule has 4 heteroatoms. The Kier molecular flexibility index (Phi) is 3.94. The molecule has 0 fully saturated rings. The molecule has 0 atom stereocenters. The van der Waals surface area contributed by atoms with Crippen molar-refractivity contribution < 1.29 is 0 Å². The van der Waals surface area contributed by atoms with Crippen molar-refractivity contribution in [2.75, 3.05) is 0 Å². The van der Waals surface area contributed by atoms with Crippen LogP contribution in [0.5, 0.6) is 0 Å². The molecule has 0 N–H and O–H groups in total. The minimum Gasteiger partial charge on any atom is -0.307 e. The Morgan fingerprint density at radius 1 is 0.559 bits per heavy atom. The Labute approximate surface area is 196 Å². The standard InChI is InChI=1S/C30H22N4/c1-19-16-20(2)18-22(17-19)34-25-14-8-6-12-23(25)27-29-28(31-32-30(27)34)24-13-7-9-15-26(24)33(29)21-10-4-3-5-11-21/h3-18H,1-2H3. The molecular weight excluding hydrogens is 416 g/mol. The molecule has 0 spiro atoms. The van der Waals surface area contributed by atoms with Gasteiger partial charge in [-0.2, -0.15) is 0 Å². The fraction of sp³-hybridized carbons (Fsp3) is 0.0667. The normalized spacial score (nSPS) is 11.8. The molecule has 3 heterocycles. The molecule has 0 aliphatic carbocycles. The number of hydrogen-bond donors (Lipinski definition) is 0. The first-order valence-electron chi connectivity index (χ1n) is 11.5. The maximum atomic E-state index is 4.84. The van der Waals surface area contributed by atoms with Gasteiger partial charge >= 0.3 is 0 Å². The van der Waals surface area contributed by atoms with Gasteiger partial charge in [-0.05, 0) is 61.4 Å². The van der Waals surface area contributed by atoms with Gasteiger partial charge in [0.2, 0.25) is 0 Å². The molecule has 0 unspecified atom stereocenters. The zero-order chi connectivity index (χ0) is 22.8. The lowest BCUT2D eigenvalue weighted by Crippen LogP contribution is -1.99. The van der Waals surface area contributed by atoms with E-state index in [1.54, 1.807) is 0 Å². The van der Waals surface area contributed by atoms with E-state index >= 15 is 0 Å². The van der Waals surface area contributed by atoms with Gasteiger partial charge in [-0.3, -0.25) is 4.57 Å². The molecule has 162 valence electrons. The van der Waals surface area contributed by atoms with Crippen molar-refractivity contribution >= 4 is 43.9 Å². The van der Waals surface area contributed by atoms with Gasteiger partial charge in [-0.1, -0.05) is 60.7 Å². The summed E-state index contributed by atoms with van der Waals surface area (Å²) in [5, 5.41) is 13.1. The van der Waals surface area contributed by atoms with Crippen LogP contribution in [-0.4, -0.2) is 19.3 Å². The van der Waals surface area contributed by atoms with Gasteiger partial charge in [0.25, 0.3) is 0 Å². The lowest BCUT2D eigenvalue weighted by atomic mass is 10.1. The number of hydrogen-bond acceptors (Lipinski definition) is 2. The second-order valence-corrected chi connectivity index (χ2v) is 8.98. The van der Waals surface area contributed by atoms with Crippen LogP contribution >= 0.6 is 0 Å². The van der Waals surface area contributed by atoms with Crippen LogP contribution < -0.4 is 0 Å². The summed E-state index contributed by atoms with van der Waals surface area (Å²) in [5.74, 6) is 0. The molecule has 0 bridgehead atoms. The summed E-state index contributed by atoms with van der Waals surface area (Å²) in [6, 6.07) is 34.2. The summed E-state index contributed by atoms with van der Waals surface area (Å²) < 4.78 is 4.59. The molecule has 3 aromatic heterocycles. The lowest BCUT2D eigenvalue weighted by molar-refractivity contribution is 1.04. The predicted molar refractivity (Wildman–Crippen MR) is 140 cm³/mol. The largest absolute Gasteiger partial charge is 0.307 e. The molecule has 0 amide bonds. The van der Waals surface area contributed by atoms with E-state index in [1.807, 2.05) is 0 Å². The van der Waals surface area contributed by atoms with E-state index in [9.17, 15) is 0 Å². The first kappa shape index (κ1) is 19.1. The minimum atomic E-state index is 0.874. The minimum absolute atomic E-state index is 0.874. The number of rotatable bonds is 2.